The number of anilines is 1. The second kappa shape index (κ2) is 5.34. The predicted molar refractivity (Wildman–Crippen MR) is 100 cm³/mol. The highest BCUT2D eigenvalue weighted by atomic mass is 16.5. The summed E-state index contributed by atoms with van der Waals surface area (Å²) in [5, 5.41) is 25.9. The van der Waals surface area contributed by atoms with E-state index in [2.05, 4.69) is 10.2 Å². The Morgan fingerprint density at radius 2 is 2.22 bits per heavy atom. The molecule has 4 fully saturated rings. The lowest BCUT2D eigenvalue weighted by atomic mass is 9.45. The molecule has 6 heteroatoms. The van der Waals surface area contributed by atoms with Crippen molar-refractivity contribution in [1.29, 1.82) is 0 Å². The van der Waals surface area contributed by atoms with Gasteiger partial charge in [-0.1, -0.05) is 29.8 Å². The van der Waals surface area contributed by atoms with Gasteiger partial charge in [0.1, 0.15) is 11.1 Å². The van der Waals surface area contributed by atoms with Gasteiger partial charge in [0, 0.05) is 24.7 Å². The lowest BCUT2D eigenvalue weighted by Gasteiger charge is -2.59. The molecule has 3 saturated heterocycles. The number of methoxy groups -OCH3 is 1. The second-order valence-electron chi connectivity index (χ2n) is 8.30. The molecule has 6 atom stereocenters. The third kappa shape index (κ3) is 1.55. The van der Waals surface area contributed by atoms with Crippen LogP contribution >= 0.6 is 0 Å². The highest BCUT2D eigenvalue weighted by Crippen LogP contribution is 2.72. The van der Waals surface area contributed by atoms with Crippen molar-refractivity contribution in [2.24, 2.45) is 11.3 Å². The van der Waals surface area contributed by atoms with E-state index < -0.39 is 22.6 Å². The van der Waals surface area contributed by atoms with Crippen LogP contribution in [0.25, 0.3) is 0 Å². The number of aliphatic hydroxyl groups excluding tert-OH is 2. The molecule has 1 aromatic rings. The Kier molecular flexibility index (Phi) is 3.41. The first-order valence-corrected chi connectivity index (χ1v) is 9.68. The monoisotopic (exact) mass is 370 g/mol. The fraction of sp³-hybridized carbons (Fsp3) is 0.571. The second-order valence-corrected chi connectivity index (χ2v) is 8.30. The van der Waals surface area contributed by atoms with E-state index in [0.717, 1.165) is 23.4 Å². The molecule has 1 saturated carbocycles. The Hall–Kier alpha value is -1.89. The minimum atomic E-state index is -1.13. The zero-order chi connectivity index (χ0) is 19.0. The summed E-state index contributed by atoms with van der Waals surface area (Å²) in [6.07, 6.45) is 2.51. The summed E-state index contributed by atoms with van der Waals surface area (Å²) in [5.41, 5.74) is 0.354. The van der Waals surface area contributed by atoms with Gasteiger partial charge in [0.15, 0.2) is 0 Å². The number of ether oxygens (including phenoxy) is 1. The molecule has 0 radical (unpaired) electrons. The van der Waals surface area contributed by atoms with Gasteiger partial charge in [0.05, 0.1) is 25.2 Å². The number of aliphatic hydroxyl groups is 2. The Morgan fingerprint density at radius 1 is 1.44 bits per heavy atom. The molecule has 1 aromatic carbocycles. The zero-order valence-electron chi connectivity index (χ0n) is 15.7. The van der Waals surface area contributed by atoms with Gasteiger partial charge in [-0.3, -0.25) is 9.69 Å². The highest BCUT2D eigenvalue weighted by Gasteiger charge is 2.82. The first kappa shape index (κ1) is 17.2. The summed E-state index contributed by atoms with van der Waals surface area (Å²) in [5.74, 6) is -0.644. The van der Waals surface area contributed by atoms with Crippen molar-refractivity contribution >= 4 is 11.7 Å². The van der Waals surface area contributed by atoms with Crippen LogP contribution in [-0.2, 0) is 14.9 Å². The number of rotatable bonds is 2. The van der Waals surface area contributed by atoms with E-state index in [0.29, 0.717) is 19.4 Å². The van der Waals surface area contributed by atoms with Crippen molar-refractivity contribution in [2.75, 3.05) is 32.1 Å². The third-order valence-corrected chi connectivity index (χ3v) is 7.91. The standard InChI is InChI=1S/C21H26N2O4/c1-3-13-11-23-9-8-20-14-6-4-5-7-16(14)22-21(20,23)17(25)10-15(13)19(20,12-24)18(26)27-2/h3-7,15,17,22,24-25H,8-12H2,1-2H3/b13-3-/t15-,17-,19+,20-,21-/m0/s1. The predicted octanol–water partition coefficient (Wildman–Crippen LogP) is 1.24. The summed E-state index contributed by atoms with van der Waals surface area (Å²) in [6, 6.07) is 7.97. The minimum absolute atomic E-state index is 0.263. The number of fused-ring (bicyclic) bond motifs is 3. The lowest BCUT2D eigenvalue weighted by molar-refractivity contribution is -0.184. The zero-order valence-corrected chi connectivity index (χ0v) is 15.7. The molecule has 27 heavy (non-hydrogen) atoms. The molecule has 4 aliphatic heterocycles. The summed E-state index contributed by atoms with van der Waals surface area (Å²) < 4.78 is 5.33. The van der Waals surface area contributed by atoms with Crippen LogP contribution in [0.4, 0.5) is 5.69 Å². The number of para-hydroxylation sites is 1. The van der Waals surface area contributed by atoms with E-state index >= 15 is 0 Å². The van der Waals surface area contributed by atoms with E-state index in [1.165, 1.54) is 7.11 Å². The number of carbonyl (C=O) groups excluding carboxylic acids is 1. The van der Waals surface area contributed by atoms with Gasteiger partial charge in [-0.15, -0.1) is 0 Å². The Balaban J connectivity index is 1.93. The van der Waals surface area contributed by atoms with Crippen LogP contribution in [-0.4, -0.2) is 59.7 Å². The summed E-state index contributed by atoms with van der Waals surface area (Å²) in [7, 11) is 1.40. The van der Waals surface area contributed by atoms with Crippen molar-refractivity contribution in [1.82, 2.24) is 4.90 Å². The van der Waals surface area contributed by atoms with Crippen LogP contribution in [0, 0.1) is 11.3 Å². The Morgan fingerprint density at radius 3 is 2.93 bits per heavy atom. The van der Waals surface area contributed by atoms with Crippen molar-refractivity contribution in [2.45, 2.75) is 36.9 Å². The van der Waals surface area contributed by atoms with Gasteiger partial charge in [-0.25, -0.2) is 0 Å². The van der Waals surface area contributed by atoms with Crippen LogP contribution in [0.2, 0.25) is 0 Å². The molecular formula is C21H26N2O4. The quantitative estimate of drug-likeness (QED) is 0.537. The topological polar surface area (TPSA) is 82.0 Å². The summed E-state index contributed by atoms with van der Waals surface area (Å²) in [4.78, 5) is 15.7. The number of nitrogens with zero attached hydrogens (tertiary/aromatic N) is 1. The summed E-state index contributed by atoms with van der Waals surface area (Å²) >= 11 is 0. The fourth-order valence-corrected chi connectivity index (χ4v) is 7.01. The Labute approximate surface area is 158 Å². The molecule has 3 N–H and O–H groups in total. The number of nitrogens with one attached hydrogen (secondary N) is 1. The average Bonchev–Trinajstić information content (AvgIpc) is 3.11. The molecule has 0 amide bonds. The van der Waals surface area contributed by atoms with Gasteiger partial charge in [-0.2, -0.15) is 0 Å². The number of benzene rings is 1. The molecule has 1 unspecified atom stereocenters. The van der Waals surface area contributed by atoms with E-state index in [1.54, 1.807) is 0 Å². The molecule has 1 aliphatic carbocycles. The van der Waals surface area contributed by atoms with Crippen LogP contribution in [0.15, 0.2) is 35.9 Å². The smallest absolute Gasteiger partial charge is 0.315 e. The van der Waals surface area contributed by atoms with E-state index in [-0.39, 0.29) is 18.5 Å². The van der Waals surface area contributed by atoms with Crippen LogP contribution < -0.4 is 5.32 Å². The molecule has 0 aromatic heterocycles. The number of carbonyl (C=O) groups is 1. The minimum Gasteiger partial charge on any atom is -0.468 e. The molecule has 6 nitrogen and oxygen atoms in total. The maximum Gasteiger partial charge on any atom is 0.315 e. The maximum atomic E-state index is 13.4. The van der Waals surface area contributed by atoms with Gasteiger partial charge >= 0.3 is 5.97 Å². The molecule has 4 heterocycles. The summed E-state index contributed by atoms with van der Waals surface area (Å²) in [6.45, 7) is 3.10. The van der Waals surface area contributed by atoms with Gasteiger partial charge < -0.3 is 20.3 Å². The number of allylic oxidation sites excluding steroid dienone is 1. The molecule has 4 bridgehead atoms. The van der Waals surface area contributed by atoms with Crippen molar-refractivity contribution in [3.63, 3.8) is 0 Å². The number of hydrogen-bond donors (Lipinski definition) is 3. The van der Waals surface area contributed by atoms with Gasteiger partial charge in [0.2, 0.25) is 0 Å². The first-order valence-electron chi connectivity index (χ1n) is 9.68. The molecule has 6 rings (SSSR count). The molecule has 1 spiro atoms. The number of esters is 1. The average molecular weight is 370 g/mol. The first-order chi connectivity index (χ1) is 13.0. The van der Waals surface area contributed by atoms with Crippen molar-refractivity contribution < 1.29 is 19.7 Å². The van der Waals surface area contributed by atoms with Crippen LogP contribution in [0.3, 0.4) is 0 Å². The van der Waals surface area contributed by atoms with E-state index in [1.807, 2.05) is 37.3 Å². The van der Waals surface area contributed by atoms with E-state index in [4.69, 9.17) is 4.74 Å². The van der Waals surface area contributed by atoms with Crippen molar-refractivity contribution in [3.05, 3.63) is 41.5 Å². The Bertz CT molecular complexity index is 854. The molecule has 5 aliphatic rings. The number of hydrogen-bond acceptors (Lipinski definition) is 6. The SMILES string of the molecule is C/C=C1/CN2CC[C@@]34c5ccccc5N[C@@]23[C@@H](O)C[C@@H]1[C@]4(CO)C(=O)OC. The lowest BCUT2D eigenvalue weighted by Crippen LogP contribution is -2.75. The normalized spacial score (nSPS) is 45.2. The fourth-order valence-electron chi connectivity index (χ4n) is 7.01. The molecule has 144 valence electrons. The van der Waals surface area contributed by atoms with Gasteiger partial charge in [0.25, 0.3) is 0 Å². The van der Waals surface area contributed by atoms with Crippen LogP contribution in [0.1, 0.15) is 25.3 Å². The van der Waals surface area contributed by atoms with Gasteiger partial charge in [-0.05, 0) is 31.4 Å². The third-order valence-electron chi connectivity index (χ3n) is 7.91. The maximum absolute atomic E-state index is 13.4. The highest BCUT2D eigenvalue weighted by molar-refractivity contribution is 5.85. The van der Waals surface area contributed by atoms with Crippen molar-refractivity contribution in [3.8, 4) is 0 Å². The largest absolute Gasteiger partial charge is 0.468 e. The van der Waals surface area contributed by atoms with Crippen LogP contribution in [0.5, 0.6) is 0 Å². The molecular weight excluding hydrogens is 344 g/mol. The van der Waals surface area contributed by atoms with E-state index in [9.17, 15) is 15.0 Å².